The lowest BCUT2D eigenvalue weighted by atomic mass is 9.92. The third-order valence-electron chi connectivity index (χ3n) is 11.8. The van der Waals surface area contributed by atoms with Crippen LogP contribution in [0.3, 0.4) is 0 Å². The number of aromatic nitrogens is 3. The van der Waals surface area contributed by atoms with Crippen LogP contribution in [-0.2, 0) is 0 Å². The third-order valence-corrected chi connectivity index (χ3v) is 14.2. The molecule has 5 heteroatoms. The molecule has 0 spiro atoms. The van der Waals surface area contributed by atoms with E-state index in [4.69, 9.17) is 15.0 Å². The number of hydrogen-bond donors (Lipinski definition) is 0. The molecule has 0 aliphatic heterocycles. The topological polar surface area (TPSA) is 38.7 Å². The zero-order chi connectivity index (χ0) is 41.0. The summed E-state index contributed by atoms with van der Waals surface area (Å²) in [5.41, 5.74) is 12.2. The molecule has 9 aromatic carbocycles. The van der Waals surface area contributed by atoms with Crippen molar-refractivity contribution in [3.63, 3.8) is 0 Å². The summed E-state index contributed by atoms with van der Waals surface area (Å²) in [6.45, 7) is 0. The highest BCUT2D eigenvalue weighted by Gasteiger charge is 2.18. The predicted octanol–water partition coefficient (Wildman–Crippen LogP) is 16.3. The maximum atomic E-state index is 5.17. The summed E-state index contributed by atoms with van der Waals surface area (Å²) in [6, 6.07) is 75.8. The summed E-state index contributed by atoms with van der Waals surface area (Å²) in [5.74, 6) is 1.91. The molecule has 0 saturated heterocycles. The van der Waals surface area contributed by atoms with Gasteiger partial charge in [0.25, 0.3) is 0 Å². The van der Waals surface area contributed by atoms with Gasteiger partial charge in [-0.3, -0.25) is 0 Å². The average molecular weight is 826 g/mol. The molecule has 0 N–H and O–H groups in total. The highest BCUT2D eigenvalue weighted by molar-refractivity contribution is 7.26. The summed E-state index contributed by atoms with van der Waals surface area (Å²) in [7, 11) is 0. The van der Waals surface area contributed by atoms with Crippen LogP contribution in [0.15, 0.2) is 212 Å². The molecule has 3 heterocycles. The summed E-state index contributed by atoms with van der Waals surface area (Å²) >= 11 is 3.75. The van der Waals surface area contributed by atoms with Crippen LogP contribution in [0, 0.1) is 0 Å². The zero-order valence-corrected chi connectivity index (χ0v) is 35.0. The highest BCUT2D eigenvalue weighted by Crippen LogP contribution is 2.45. The van der Waals surface area contributed by atoms with E-state index in [1.807, 2.05) is 53.0 Å². The van der Waals surface area contributed by atoms with E-state index in [0.717, 1.165) is 38.9 Å². The minimum atomic E-state index is 0.630. The molecule has 0 fully saturated rings. The molecule has 0 unspecified atom stereocenters. The minimum absolute atomic E-state index is 0.630. The van der Waals surface area contributed by atoms with Crippen molar-refractivity contribution in [2.24, 2.45) is 0 Å². The summed E-state index contributed by atoms with van der Waals surface area (Å²) in [4.78, 5) is 15.3. The normalized spacial score (nSPS) is 11.5. The lowest BCUT2D eigenvalue weighted by molar-refractivity contribution is 1.07. The van der Waals surface area contributed by atoms with Gasteiger partial charge in [0.2, 0.25) is 0 Å². The Morgan fingerprint density at radius 1 is 0.242 bits per heavy atom. The van der Waals surface area contributed by atoms with Crippen molar-refractivity contribution in [3.05, 3.63) is 212 Å². The van der Waals surface area contributed by atoms with Gasteiger partial charge in [0.05, 0.1) is 0 Å². The Kier molecular flexibility index (Phi) is 8.87. The molecule has 0 aliphatic carbocycles. The standard InChI is InChI=1S/C57H35N3S2/c1-3-15-37(16-4-1)43-19-7-8-22-50(43)57-59-55(38-17-5-2-6-18-38)58-56(60-57)39-31-29-36(30-32-39)40-33-41(44-23-13-25-48-46-20-9-11-27-51(46)61-53(44)48)35-42(34-40)45-24-14-26-49-47-21-10-12-28-52(47)62-54(45)49/h1-35H. The molecule has 0 atom stereocenters. The number of nitrogens with zero attached hydrogens (tertiary/aromatic N) is 3. The van der Waals surface area contributed by atoms with Crippen molar-refractivity contribution in [2.45, 2.75) is 0 Å². The van der Waals surface area contributed by atoms with Gasteiger partial charge in [-0.15, -0.1) is 22.7 Å². The van der Waals surface area contributed by atoms with E-state index in [9.17, 15) is 0 Å². The fourth-order valence-electron chi connectivity index (χ4n) is 8.76. The fraction of sp³-hybridized carbons (Fsp3) is 0. The molecule has 3 nitrogen and oxygen atoms in total. The second kappa shape index (κ2) is 15.2. The highest BCUT2D eigenvalue weighted by atomic mass is 32.1. The Bertz CT molecular complexity index is 3490. The van der Waals surface area contributed by atoms with Gasteiger partial charge in [0.1, 0.15) is 0 Å². The lowest BCUT2D eigenvalue weighted by Gasteiger charge is -2.14. The quantitative estimate of drug-likeness (QED) is 0.161. The molecular weight excluding hydrogens is 791 g/mol. The maximum absolute atomic E-state index is 5.17. The third kappa shape index (κ3) is 6.38. The number of hydrogen-bond acceptors (Lipinski definition) is 5. The number of fused-ring (bicyclic) bond motifs is 6. The molecule has 12 rings (SSSR count). The Morgan fingerprint density at radius 3 is 1.23 bits per heavy atom. The number of rotatable bonds is 7. The first kappa shape index (κ1) is 36.3. The van der Waals surface area contributed by atoms with Gasteiger partial charge < -0.3 is 0 Å². The first-order valence-electron chi connectivity index (χ1n) is 20.8. The van der Waals surface area contributed by atoms with Gasteiger partial charge >= 0.3 is 0 Å². The molecule has 290 valence electrons. The molecular formula is C57H35N3S2. The Labute approximate surface area is 366 Å². The molecule has 0 aliphatic rings. The van der Waals surface area contributed by atoms with E-state index in [0.29, 0.717) is 17.5 Å². The fourth-order valence-corrected chi connectivity index (χ4v) is 11.2. The van der Waals surface area contributed by atoms with Gasteiger partial charge in [-0.2, -0.15) is 0 Å². The van der Waals surface area contributed by atoms with E-state index in [1.165, 1.54) is 62.6 Å². The minimum Gasteiger partial charge on any atom is -0.208 e. The Hall–Kier alpha value is -7.57. The Morgan fingerprint density at radius 2 is 0.645 bits per heavy atom. The molecule has 62 heavy (non-hydrogen) atoms. The lowest BCUT2D eigenvalue weighted by Crippen LogP contribution is -2.01. The van der Waals surface area contributed by atoms with Gasteiger partial charge in [-0.25, -0.2) is 15.0 Å². The van der Waals surface area contributed by atoms with E-state index < -0.39 is 0 Å². The SMILES string of the molecule is c1ccc(-c2nc(-c3ccc(-c4cc(-c5cccc6c5sc5ccccc56)cc(-c5cccc6c5sc5ccccc56)c4)cc3)nc(-c3ccccc3-c3ccccc3)n2)cc1. The van der Waals surface area contributed by atoms with E-state index in [2.05, 4.69) is 182 Å². The Balaban J connectivity index is 1.01. The van der Waals surface area contributed by atoms with Crippen molar-refractivity contribution in [1.82, 2.24) is 15.0 Å². The van der Waals surface area contributed by atoms with Crippen molar-refractivity contribution in [3.8, 4) is 78.7 Å². The molecule has 0 saturated carbocycles. The van der Waals surface area contributed by atoms with Gasteiger partial charge in [0.15, 0.2) is 17.5 Å². The largest absolute Gasteiger partial charge is 0.208 e. The van der Waals surface area contributed by atoms with Crippen LogP contribution in [-0.4, -0.2) is 15.0 Å². The second-order valence-electron chi connectivity index (χ2n) is 15.5. The van der Waals surface area contributed by atoms with E-state index >= 15 is 0 Å². The summed E-state index contributed by atoms with van der Waals surface area (Å²) in [6.07, 6.45) is 0. The first-order chi connectivity index (χ1) is 30.7. The van der Waals surface area contributed by atoms with Crippen molar-refractivity contribution in [1.29, 1.82) is 0 Å². The molecule has 0 radical (unpaired) electrons. The van der Waals surface area contributed by atoms with E-state index in [-0.39, 0.29) is 0 Å². The molecule has 0 amide bonds. The van der Waals surface area contributed by atoms with Crippen LogP contribution in [0.2, 0.25) is 0 Å². The number of thiophene rings is 2. The maximum Gasteiger partial charge on any atom is 0.164 e. The van der Waals surface area contributed by atoms with Crippen LogP contribution >= 0.6 is 22.7 Å². The van der Waals surface area contributed by atoms with Gasteiger partial charge in [-0.05, 0) is 74.8 Å². The average Bonchev–Trinajstić information content (AvgIpc) is 3.93. The monoisotopic (exact) mass is 825 g/mol. The van der Waals surface area contributed by atoms with Crippen molar-refractivity contribution >= 4 is 63.0 Å². The predicted molar refractivity (Wildman–Crippen MR) is 264 cm³/mol. The van der Waals surface area contributed by atoms with Gasteiger partial charge in [-0.1, -0.05) is 182 Å². The zero-order valence-electron chi connectivity index (χ0n) is 33.4. The number of benzene rings is 9. The molecule has 3 aromatic heterocycles. The molecule has 0 bridgehead atoms. The second-order valence-corrected chi connectivity index (χ2v) is 17.6. The van der Waals surface area contributed by atoms with Crippen LogP contribution in [0.5, 0.6) is 0 Å². The first-order valence-corrected chi connectivity index (χ1v) is 22.4. The van der Waals surface area contributed by atoms with Crippen LogP contribution in [0.1, 0.15) is 0 Å². The van der Waals surface area contributed by atoms with Crippen molar-refractivity contribution in [2.75, 3.05) is 0 Å². The van der Waals surface area contributed by atoms with Gasteiger partial charge in [0, 0.05) is 57.0 Å². The van der Waals surface area contributed by atoms with Crippen LogP contribution in [0.25, 0.3) is 119 Å². The van der Waals surface area contributed by atoms with Crippen molar-refractivity contribution < 1.29 is 0 Å². The van der Waals surface area contributed by atoms with Crippen LogP contribution < -0.4 is 0 Å². The summed E-state index contributed by atoms with van der Waals surface area (Å²) < 4.78 is 5.22. The summed E-state index contributed by atoms with van der Waals surface area (Å²) in [5, 5.41) is 5.20. The smallest absolute Gasteiger partial charge is 0.164 e. The van der Waals surface area contributed by atoms with Crippen LogP contribution in [0.4, 0.5) is 0 Å². The molecule has 12 aromatic rings. The van der Waals surface area contributed by atoms with E-state index in [1.54, 1.807) is 0 Å².